The smallest absolute Gasteiger partial charge is 0.274 e. The SMILES string of the molecule is CC(NC(=O)c1cn[nH]n1)c1nnc2n1CCCCC2. The third kappa shape index (κ3) is 2.40. The van der Waals surface area contributed by atoms with Crippen LogP contribution in [0, 0.1) is 0 Å². The van der Waals surface area contributed by atoms with Crippen LogP contribution in [-0.2, 0) is 13.0 Å². The second kappa shape index (κ2) is 5.40. The van der Waals surface area contributed by atoms with E-state index in [0.29, 0.717) is 0 Å². The maximum Gasteiger partial charge on any atom is 0.274 e. The molecule has 2 aromatic rings. The molecule has 0 aromatic carbocycles. The number of H-pyrrole nitrogens is 1. The molecule has 0 aliphatic carbocycles. The van der Waals surface area contributed by atoms with Crippen LogP contribution in [0.5, 0.6) is 0 Å². The van der Waals surface area contributed by atoms with Crippen LogP contribution in [0.1, 0.15) is 54.4 Å². The zero-order chi connectivity index (χ0) is 13.9. The standard InChI is InChI=1S/C12H17N7O/c1-8(14-12(20)9-7-13-18-15-9)11-17-16-10-5-3-2-4-6-19(10)11/h7-8H,2-6H2,1H3,(H,14,20)(H,13,15,18). The summed E-state index contributed by atoms with van der Waals surface area (Å²) >= 11 is 0. The Morgan fingerprint density at radius 1 is 1.40 bits per heavy atom. The molecule has 106 valence electrons. The predicted octanol–water partition coefficient (Wildman–Crippen LogP) is 0.614. The second-order valence-corrected chi connectivity index (χ2v) is 4.99. The topological polar surface area (TPSA) is 101 Å². The van der Waals surface area contributed by atoms with Gasteiger partial charge in [0.1, 0.15) is 5.82 Å². The Bertz CT molecular complexity index is 589. The van der Waals surface area contributed by atoms with E-state index >= 15 is 0 Å². The number of rotatable bonds is 3. The monoisotopic (exact) mass is 275 g/mol. The number of nitrogens with zero attached hydrogens (tertiary/aromatic N) is 5. The molecule has 0 saturated carbocycles. The van der Waals surface area contributed by atoms with Gasteiger partial charge in [-0.25, -0.2) is 0 Å². The molecule has 2 N–H and O–H groups in total. The van der Waals surface area contributed by atoms with E-state index in [9.17, 15) is 4.79 Å². The third-order valence-corrected chi connectivity index (χ3v) is 3.52. The van der Waals surface area contributed by atoms with E-state index in [1.54, 1.807) is 0 Å². The molecule has 0 bridgehead atoms. The highest BCUT2D eigenvalue weighted by Gasteiger charge is 2.21. The van der Waals surface area contributed by atoms with Gasteiger partial charge >= 0.3 is 0 Å². The fraction of sp³-hybridized carbons (Fsp3) is 0.583. The maximum atomic E-state index is 12.0. The lowest BCUT2D eigenvalue weighted by Gasteiger charge is -2.14. The quantitative estimate of drug-likeness (QED) is 0.854. The molecule has 1 unspecified atom stereocenters. The summed E-state index contributed by atoms with van der Waals surface area (Å²) in [6.07, 6.45) is 5.84. The molecule has 20 heavy (non-hydrogen) atoms. The highest BCUT2D eigenvalue weighted by atomic mass is 16.2. The highest BCUT2D eigenvalue weighted by Crippen LogP contribution is 2.18. The van der Waals surface area contributed by atoms with Crippen LogP contribution in [0.15, 0.2) is 6.20 Å². The van der Waals surface area contributed by atoms with Crippen molar-refractivity contribution in [3.63, 3.8) is 0 Å². The minimum absolute atomic E-state index is 0.210. The van der Waals surface area contributed by atoms with Gasteiger partial charge in [-0.1, -0.05) is 6.42 Å². The summed E-state index contributed by atoms with van der Waals surface area (Å²) in [6.45, 7) is 2.82. The summed E-state index contributed by atoms with van der Waals surface area (Å²) in [5, 5.41) is 21.1. The van der Waals surface area contributed by atoms with Gasteiger partial charge in [-0.15, -0.1) is 10.2 Å². The summed E-state index contributed by atoms with van der Waals surface area (Å²) < 4.78 is 2.13. The van der Waals surface area contributed by atoms with Gasteiger partial charge in [0.2, 0.25) is 0 Å². The van der Waals surface area contributed by atoms with Gasteiger partial charge < -0.3 is 9.88 Å². The number of hydrogen-bond donors (Lipinski definition) is 2. The fourth-order valence-electron chi connectivity index (χ4n) is 2.47. The largest absolute Gasteiger partial charge is 0.341 e. The Morgan fingerprint density at radius 3 is 3.10 bits per heavy atom. The lowest BCUT2D eigenvalue weighted by atomic mass is 10.2. The molecule has 1 amide bonds. The summed E-state index contributed by atoms with van der Waals surface area (Å²) in [6, 6.07) is -0.210. The molecule has 0 saturated heterocycles. The Balaban J connectivity index is 1.76. The van der Waals surface area contributed by atoms with Crippen molar-refractivity contribution in [1.29, 1.82) is 0 Å². The van der Waals surface area contributed by atoms with Gasteiger partial charge in [0.05, 0.1) is 12.2 Å². The minimum Gasteiger partial charge on any atom is -0.341 e. The minimum atomic E-state index is -0.266. The van der Waals surface area contributed by atoms with Crippen LogP contribution >= 0.6 is 0 Å². The van der Waals surface area contributed by atoms with Crippen molar-refractivity contribution in [3.05, 3.63) is 23.5 Å². The average Bonchev–Trinajstić information content (AvgIpc) is 3.04. The molecule has 2 aromatic heterocycles. The van der Waals surface area contributed by atoms with E-state index < -0.39 is 0 Å². The van der Waals surface area contributed by atoms with Crippen LogP contribution in [0.25, 0.3) is 0 Å². The molecule has 3 rings (SSSR count). The molecule has 8 nitrogen and oxygen atoms in total. The van der Waals surface area contributed by atoms with Gasteiger partial charge in [-0.2, -0.15) is 15.4 Å². The van der Waals surface area contributed by atoms with E-state index in [-0.39, 0.29) is 17.6 Å². The van der Waals surface area contributed by atoms with Crippen LogP contribution in [-0.4, -0.2) is 36.1 Å². The first-order chi connectivity index (χ1) is 9.75. The number of aryl methyl sites for hydroxylation is 1. The Morgan fingerprint density at radius 2 is 2.30 bits per heavy atom. The first kappa shape index (κ1) is 12.8. The van der Waals surface area contributed by atoms with Crippen molar-refractivity contribution >= 4 is 5.91 Å². The first-order valence-corrected chi connectivity index (χ1v) is 6.84. The van der Waals surface area contributed by atoms with Gasteiger partial charge in [0, 0.05) is 13.0 Å². The Kier molecular flexibility index (Phi) is 3.44. The van der Waals surface area contributed by atoms with E-state index in [4.69, 9.17) is 0 Å². The first-order valence-electron chi connectivity index (χ1n) is 6.84. The molecule has 1 aliphatic heterocycles. The lowest BCUT2D eigenvalue weighted by Crippen LogP contribution is -2.29. The van der Waals surface area contributed by atoms with Crippen molar-refractivity contribution in [1.82, 2.24) is 35.5 Å². The van der Waals surface area contributed by atoms with Crippen molar-refractivity contribution in [3.8, 4) is 0 Å². The van der Waals surface area contributed by atoms with Gasteiger partial charge in [-0.05, 0) is 19.8 Å². The number of carbonyl (C=O) groups excluding carboxylic acids is 1. The molecule has 1 atom stereocenters. The average molecular weight is 275 g/mol. The maximum absolute atomic E-state index is 12.0. The molecule has 0 spiro atoms. The van der Waals surface area contributed by atoms with Gasteiger partial charge in [0.25, 0.3) is 5.91 Å². The molecule has 8 heteroatoms. The van der Waals surface area contributed by atoms with Crippen LogP contribution in [0.3, 0.4) is 0 Å². The number of carbonyl (C=O) groups is 1. The van der Waals surface area contributed by atoms with E-state index in [1.165, 1.54) is 12.6 Å². The summed E-state index contributed by atoms with van der Waals surface area (Å²) in [7, 11) is 0. The molecule has 1 aliphatic rings. The number of amides is 1. The lowest BCUT2D eigenvalue weighted by molar-refractivity contribution is 0.0932. The van der Waals surface area contributed by atoms with E-state index in [0.717, 1.165) is 37.5 Å². The Hall–Kier alpha value is -2.25. The zero-order valence-corrected chi connectivity index (χ0v) is 11.3. The fourth-order valence-corrected chi connectivity index (χ4v) is 2.47. The molecule has 0 radical (unpaired) electrons. The summed E-state index contributed by atoms with van der Waals surface area (Å²) in [5.74, 6) is 1.55. The van der Waals surface area contributed by atoms with Crippen LogP contribution < -0.4 is 5.32 Å². The highest BCUT2D eigenvalue weighted by molar-refractivity contribution is 5.91. The molecule has 3 heterocycles. The van der Waals surface area contributed by atoms with Gasteiger partial charge in [-0.3, -0.25) is 4.79 Å². The summed E-state index contributed by atoms with van der Waals surface area (Å²) in [5.41, 5.74) is 0.271. The third-order valence-electron chi connectivity index (χ3n) is 3.52. The van der Waals surface area contributed by atoms with Crippen LogP contribution in [0.2, 0.25) is 0 Å². The van der Waals surface area contributed by atoms with Crippen molar-refractivity contribution in [2.45, 2.75) is 45.2 Å². The zero-order valence-electron chi connectivity index (χ0n) is 11.3. The second-order valence-electron chi connectivity index (χ2n) is 4.99. The van der Waals surface area contributed by atoms with Crippen molar-refractivity contribution < 1.29 is 4.79 Å². The van der Waals surface area contributed by atoms with Gasteiger partial charge in [0.15, 0.2) is 11.5 Å². The van der Waals surface area contributed by atoms with Crippen LogP contribution in [0.4, 0.5) is 0 Å². The number of nitrogens with one attached hydrogen (secondary N) is 2. The number of aromatic amines is 1. The number of aromatic nitrogens is 6. The molecular formula is C12H17N7O. The number of fused-ring (bicyclic) bond motifs is 1. The van der Waals surface area contributed by atoms with E-state index in [1.807, 2.05) is 6.92 Å². The number of hydrogen-bond acceptors (Lipinski definition) is 5. The van der Waals surface area contributed by atoms with Crippen molar-refractivity contribution in [2.75, 3.05) is 0 Å². The predicted molar refractivity (Wildman–Crippen MR) is 69.8 cm³/mol. The summed E-state index contributed by atoms with van der Waals surface area (Å²) in [4.78, 5) is 12.0. The normalized spacial score (nSPS) is 16.2. The Labute approximate surface area is 116 Å². The van der Waals surface area contributed by atoms with E-state index in [2.05, 4.69) is 35.5 Å². The van der Waals surface area contributed by atoms with Crippen molar-refractivity contribution in [2.24, 2.45) is 0 Å². The molecule has 0 fully saturated rings. The molecular weight excluding hydrogens is 258 g/mol.